The molecular formula is C17H21FN4O2. The van der Waals surface area contributed by atoms with Crippen LogP contribution in [0.25, 0.3) is 11.5 Å². The molecule has 1 N–H and O–H groups in total. The molecule has 1 fully saturated rings. The molecular weight excluding hydrogens is 311 g/mol. The Morgan fingerprint density at radius 2 is 2.08 bits per heavy atom. The van der Waals surface area contributed by atoms with Crippen LogP contribution >= 0.6 is 0 Å². The monoisotopic (exact) mass is 332 g/mol. The van der Waals surface area contributed by atoms with Crippen molar-refractivity contribution in [2.24, 2.45) is 0 Å². The molecule has 1 aliphatic rings. The van der Waals surface area contributed by atoms with Crippen LogP contribution in [0.1, 0.15) is 25.8 Å². The SMILES string of the molecule is Cc1ccc(-c2nnc(N[C@H](C)C(=O)N3C[C@H](F)C[C@@H]3C)o2)cc1. The fourth-order valence-corrected chi connectivity index (χ4v) is 2.86. The molecule has 1 amide bonds. The van der Waals surface area contributed by atoms with Crippen LogP contribution in [0.5, 0.6) is 0 Å². The summed E-state index contributed by atoms with van der Waals surface area (Å²) in [5, 5.41) is 10.8. The van der Waals surface area contributed by atoms with E-state index in [-0.39, 0.29) is 24.5 Å². The second-order valence-electron chi connectivity index (χ2n) is 6.32. The Morgan fingerprint density at radius 1 is 1.38 bits per heavy atom. The molecule has 7 heteroatoms. The first-order valence-corrected chi connectivity index (χ1v) is 8.05. The van der Waals surface area contributed by atoms with Crippen LogP contribution in [0, 0.1) is 6.92 Å². The molecule has 1 aliphatic heterocycles. The lowest BCUT2D eigenvalue weighted by molar-refractivity contribution is -0.132. The zero-order chi connectivity index (χ0) is 17.3. The zero-order valence-electron chi connectivity index (χ0n) is 14.0. The topological polar surface area (TPSA) is 71.3 Å². The van der Waals surface area contributed by atoms with Gasteiger partial charge in [-0.1, -0.05) is 22.8 Å². The molecule has 128 valence electrons. The highest BCUT2D eigenvalue weighted by Gasteiger charge is 2.34. The van der Waals surface area contributed by atoms with E-state index < -0.39 is 12.2 Å². The molecule has 2 heterocycles. The van der Waals surface area contributed by atoms with E-state index in [9.17, 15) is 9.18 Å². The quantitative estimate of drug-likeness (QED) is 0.932. The highest BCUT2D eigenvalue weighted by atomic mass is 19.1. The lowest BCUT2D eigenvalue weighted by Gasteiger charge is -2.24. The highest BCUT2D eigenvalue weighted by molar-refractivity contribution is 5.84. The van der Waals surface area contributed by atoms with E-state index in [0.29, 0.717) is 12.3 Å². The van der Waals surface area contributed by atoms with Crippen LogP contribution in [-0.4, -0.2) is 45.8 Å². The molecule has 1 aromatic carbocycles. The number of hydrogen-bond donors (Lipinski definition) is 1. The predicted octanol–water partition coefficient (Wildman–Crippen LogP) is 2.80. The fourth-order valence-electron chi connectivity index (χ4n) is 2.86. The summed E-state index contributed by atoms with van der Waals surface area (Å²) in [7, 11) is 0. The van der Waals surface area contributed by atoms with Crippen LogP contribution in [0.2, 0.25) is 0 Å². The summed E-state index contributed by atoms with van der Waals surface area (Å²) in [6.45, 7) is 5.70. The van der Waals surface area contributed by atoms with E-state index in [0.717, 1.165) is 11.1 Å². The van der Waals surface area contributed by atoms with Crippen LogP contribution in [0.4, 0.5) is 10.4 Å². The van der Waals surface area contributed by atoms with E-state index in [1.807, 2.05) is 38.1 Å². The van der Waals surface area contributed by atoms with Gasteiger partial charge in [0.15, 0.2) is 0 Å². The van der Waals surface area contributed by atoms with E-state index >= 15 is 0 Å². The Hall–Kier alpha value is -2.44. The minimum Gasteiger partial charge on any atom is -0.403 e. The van der Waals surface area contributed by atoms with Gasteiger partial charge in [0.1, 0.15) is 12.2 Å². The molecule has 2 aromatic rings. The van der Waals surface area contributed by atoms with Gasteiger partial charge in [0.2, 0.25) is 11.8 Å². The molecule has 0 unspecified atom stereocenters. The average Bonchev–Trinajstić information content (AvgIpc) is 3.13. The smallest absolute Gasteiger partial charge is 0.316 e. The molecule has 1 aromatic heterocycles. The molecule has 0 aliphatic carbocycles. The number of benzene rings is 1. The number of nitrogens with zero attached hydrogens (tertiary/aromatic N) is 3. The maximum absolute atomic E-state index is 13.4. The maximum Gasteiger partial charge on any atom is 0.316 e. The fraction of sp³-hybridized carbons (Fsp3) is 0.471. The van der Waals surface area contributed by atoms with Crippen molar-refractivity contribution in [2.75, 3.05) is 11.9 Å². The minimum absolute atomic E-state index is 0.0949. The van der Waals surface area contributed by atoms with Crippen molar-refractivity contribution in [1.82, 2.24) is 15.1 Å². The molecule has 0 spiro atoms. The van der Waals surface area contributed by atoms with Gasteiger partial charge in [-0.15, -0.1) is 5.10 Å². The number of anilines is 1. The second kappa shape index (κ2) is 6.59. The van der Waals surface area contributed by atoms with Crippen molar-refractivity contribution in [1.29, 1.82) is 0 Å². The third kappa shape index (κ3) is 3.39. The zero-order valence-corrected chi connectivity index (χ0v) is 14.0. The van der Waals surface area contributed by atoms with Gasteiger partial charge in [0.05, 0.1) is 6.54 Å². The first-order chi connectivity index (χ1) is 11.4. The van der Waals surface area contributed by atoms with Gasteiger partial charge >= 0.3 is 6.01 Å². The van der Waals surface area contributed by atoms with Crippen molar-refractivity contribution in [2.45, 2.75) is 45.4 Å². The summed E-state index contributed by atoms with van der Waals surface area (Å²) >= 11 is 0. The third-order valence-electron chi connectivity index (χ3n) is 4.24. The van der Waals surface area contributed by atoms with E-state index in [4.69, 9.17) is 4.42 Å². The number of rotatable bonds is 4. The van der Waals surface area contributed by atoms with Crippen LogP contribution in [0.3, 0.4) is 0 Å². The number of carbonyl (C=O) groups is 1. The van der Waals surface area contributed by atoms with Gasteiger partial charge < -0.3 is 14.6 Å². The number of halogens is 1. The van der Waals surface area contributed by atoms with Crippen LogP contribution in [-0.2, 0) is 4.79 Å². The van der Waals surface area contributed by atoms with E-state index in [1.165, 1.54) is 0 Å². The maximum atomic E-state index is 13.4. The summed E-state index contributed by atoms with van der Waals surface area (Å²) in [5.74, 6) is 0.216. The second-order valence-corrected chi connectivity index (χ2v) is 6.32. The molecule has 0 bridgehead atoms. The number of carbonyl (C=O) groups excluding carboxylic acids is 1. The molecule has 0 saturated carbocycles. The first-order valence-electron chi connectivity index (χ1n) is 8.05. The van der Waals surface area contributed by atoms with Gasteiger partial charge in [-0.2, -0.15) is 0 Å². The van der Waals surface area contributed by atoms with Gasteiger partial charge in [-0.3, -0.25) is 4.79 Å². The van der Waals surface area contributed by atoms with Crippen molar-refractivity contribution in [3.05, 3.63) is 29.8 Å². The van der Waals surface area contributed by atoms with E-state index in [2.05, 4.69) is 15.5 Å². The number of aryl methyl sites for hydroxylation is 1. The number of alkyl halides is 1. The number of likely N-dealkylation sites (tertiary alicyclic amines) is 1. The van der Waals surface area contributed by atoms with Crippen LogP contribution in [0.15, 0.2) is 28.7 Å². The Bertz CT molecular complexity index is 716. The molecule has 3 rings (SSSR count). The number of aromatic nitrogens is 2. The van der Waals surface area contributed by atoms with Gasteiger partial charge in [0.25, 0.3) is 0 Å². The minimum atomic E-state index is -0.951. The van der Waals surface area contributed by atoms with Gasteiger partial charge in [-0.25, -0.2) is 4.39 Å². The number of nitrogens with one attached hydrogen (secondary N) is 1. The first kappa shape index (κ1) is 16.4. The lowest BCUT2D eigenvalue weighted by atomic mass is 10.1. The summed E-state index contributed by atoms with van der Waals surface area (Å²) in [6, 6.07) is 7.23. The molecule has 3 atom stereocenters. The largest absolute Gasteiger partial charge is 0.403 e. The van der Waals surface area contributed by atoms with Crippen molar-refractivity contribution in [3.63, 3.8) is 0 Å². The van der Waals surface area contributed by atoms with Crippen molar-refractivity contribution in [3.8, 4) is 11.5 Å². The Balaban J connectivity index is 1.66. The Kier molecular flexibility index (Phi) is 4.51. The molecule has 6 nitrogen and oxygen atoms in total. The van der Waals surface area contributed by atoms with Crippen molar-refractivity contribution >= 4 is 11.9 Å². The summed E-state index contributed by atoms with van der Waals surface area (Å²) in [5.41, 5.74) is 1.95. The standard InChI is InChI=1S/C17H21FN4O2/c1-10-4-6-13(7-5-10)15-20-21-17(24-15)19-12(3)16(23)22-9-14(18)8-11(22)2/h4-7,11-12,14H,8-9H2,1-3H3,(H,19,21)/t11-,12+,14+/m0/s1. The molecule has 24 heavy (non-hydrogen) atoms. The number of hydrogen-bond acceptors (Lipinski definition) is 5. The Morgan fingerprint density at radius 3 is 2.71 bits per heavy atom. The van der Waals surface area contributed by atoms with Crippen molar-refractivity contribution < 1.29 is 13.6 Å². The average molecular weight is 332 g/mol. The third-order valence-corrected chi connectivity index (χ3v) is 4.24. The lowest BCUT2D eigenvalue weighted by Crippen LogP contribution is -2.43. The molecule has 0 radical (unpaired) electrons. The number of amides is 1. The highest BCUT2D eigenvalue weighted by Crippen LogP contribution is 2.23. The van der Waals surface area contributed by atoms with E-state index in [1.54, 1.807) is 11.8 Å². The predicted molar refractivity (Wildman–Crippen MR) is 88.2 cm³/mol. The van der Waals surface area contributed by atoms with Gasteiger partial charge in [-0.05, 0) is 32.9 Å². The molecule has 1 saturated heterocycles. The van der Waals surface area contributed by atoms with Gasteiger partial charge in [0, 0.05) is 18.0 Å². The summed E-state index contributed by atoms with van der Waals surface area (Å²) in [6.07, 6.45) is -0.566. The van der Waals surface area contributed by atoms with Crippen LogP contribution < -0.4 is 5.32 Å². The summed E-state index contributed by atoms with van der Waals surface area (Å²) in [4.78, 5) is 14.0. The normalized spacial score (nSPS) is 21.8. The Labute approximate surface area is 140 Å². The summed E-state index contributed by atoms with van der Waals surface area (Å²) < 4.78 is 19.0.